The molecule has 3 heterocycles. The van der Waals surface area contributed by atoms with E-state index in [1.54, 1.807) is 23.1 Å². The van der Waals surface area contributed by atoms with Crippen LogP contribution in [0.15, 0.2) is 34.2 Å². The number of benzene rings is 1. The quantitative estimate of drug-likeness (QED) is 0.220. The summed E-state index contributed by atoms with van der Waals surface area (Å²) in [5.74, 6) is 1.40. The third-order valence-electron chi connectivity index (χ3n) is 5.98. The molecule has 0 amide bonds. The fraction of sp³-hybridized carbons (Fsp3) is 0.520. The Hall–Kier alpha value is -1.63. The first-order valence-electron chi connectivity index (χ1n) is 11.4. The highest BCUT2D eigenvalue weighted by Gasteiger charge is 2.28. The standard InChI is InChI=1S/C25H32N2O2S2/c1-5-6-7-8-13-30-25-26-23-22(19-14-20(16(2)3)29-15-21(19)31-23)24(28)27(25)18-11-9-17(4)10-12-18/h9-12,16,20H,5-8,13-15H2,1-4H3/t20-/m0/s1. The van der Waals surface area contributed by atoms with Gasteiger partial charge in [-0.1, -0.05) is 69.5 Å². The summed E-state index contributed by atoms with van der Waals surface area (Å²) in [6.07, 6.45) is 5.80. The molecule has 0 saturated heterocycles. The summed E-state index contributed by atoms with van der Waals surface area (Å²) in [5, 5.41) is 1.60. The van der Waals surface area contributed by atoms with Crippen LogP contribution in [0.2, 0.25) is 0 Å². The Labute approximate surface area is 193 Å². The molecule has 3 aromatic rings. The second-order valence-electron chi connectivity index (χ2n) is 8.76. The van der Waals surface area contributed by atoms with Crippen LogP contribution in [0, 0.1) is 12.8 Å². The number of rotatable bonds is 8. The van der Waals surface area contributed by atoms with Gasteiger partial charge in [-0.2, -0.15) is 0 Å². The first-order valence-corrected chi connectivity index (χ1v) is 13.2. The minimum Gasteiger partial charge on any atom is -0.372 e. The average molecular weight is 457 g/mol. The van der Waals surface area contributed by atoms with E-state index in [-0.39, 0.29) is 11.7 Å². The summed E-state index contributed by atoms with van der Waals surface area (Å²) < 4.78 is 7.90. The maximum absolute atomic E-state index is 13.9. The van der Waals surface area contributed by atoms with Gasteiger partial charge in [0.05, 0.1) is 23.8 Å². The lowest BCUT2D eigenvalue weighted by Crippen LogP contribution is -2.28. The number of hydrogen-bond donors (Lipinski definition) is 0. The van der Waals surface area contributed by atoms with Crippen LogP contribution in [0.25, 0.3) is 15.9 Å². The summed E-state index contributed by atoms with van der Waals surface area (Å²) >= 11 is 3.34. The molecule has 1 atom stereocenters. The zero-order valence-corrected chi connectivity index (χ0v) is 20.6. The van der Waals surface area contributed by atoms with Gasteiger partial charge in [-0.15, -0.1) is 11.3 Å². The third kappa shape index (κ3) is 4.76. The molecule has 0 radical (unpaired) electrons. The zero-order chi connectivity index (χ0) is 22.0. The smallest absolute Gasteiger partial charge is 0.267 e. The van der Waals surface area contributed by atoms with Gasteiger partial charge in [0.25, 0.3) is 5.56 Å². The fourth-order valence-corrected chi connectivity index (χ4v) is 6.22. The van der Waals surface area contributed by atoms with Gasteiger partial charge in [-0.05, 0) is 37.0 Å². The van der Waals surface area contributed by atoms with Crippen molar-refractivity contribution in [3.8, 4) is 5.69 Å². The predicted molar refractivity (Wildman–Crippen MR) is 132 cm³/mol. The van der Waals surface area contributed by atoms with Crippen molar-refractivity contribution in [1.29, 1.82) is 0 Å². The Kier molecular flexibility index (Phi) is 7.19. The normalized spacial score (nSPS) is 16.2. The second kappa shape index (κ2) is 9.88. The SMILES string of the molecule is CCCCCCSc1nc2sc3c(c2c(=O)n1-c1ccc(C)cc1)C[C@@H](C(C)C)OC3. The van der Waals surface area contributed by atoms with Gasteiger partial charge >= 0.3 is 0 Å². The summed E-state index contributed by atoms with van der Waals surface area (Å²) in [7, 11) is 0. The van der Waals surface area contributed by atoms with Crippen LogP contribution in [0.1, 0.15) is 62.5 Å². The molecule has 0 saturated carbocycles. The van der Waals surface area contributed by atoms with E-state index >= 15 is 0 Å². The molecule has 6 heteroatoms. The van der Waals surface area contributed by atoms with Gasteiger partial charge in [0.1, 0.15) is 4.83 Å². The lowest BCUT2D eigenvalue weighted by Gasteiger charge is -2.26. The van der Waals surface area contributed by atoms with Crippen molar-refractivity contribution < 1.29 is 4.74 Å². The molecule has 166 valence electrons. The molecule has 1 aromatic carbocycles. The van der Waals surface area contributed by atoms with E-state index < -0.39 is 0 Å². The zero-order valence-electron chi connectivity index (χ0n) is 18.9. The highest BCUT2D eigenvalue weighted by molar-refractivity contribution is 7.99. The fourth-order valence-electron chi connectivity index (χ4n) is 4.05. The van der Waals surface area contributed by atoms with Crippen molar-refractivity contribution in [2.24, 2.45) is 5.92 Å². The van der Waals surface area contributed by atoms with Crippen molar-refractivity contribution in [1.82, 2.24) is 9.55 Å². The van der Waals surface area contributed by atoms with E-state index in [4.69, 9.17) is 9.72 Å². The topological polar surface area (TPSA) is 44.1 Å². The maximum atomic E-state index is 13.9. The first-order chi connectivity index (χ1) is 15.0. The van der Waals surface area contributed by atoms with E-state index in [9.17, 15) is 4.79 Å². The van der Waals surface area contributed by atoms with E-state index in [0.29, 0.717) is 12.5 Å². The molecule has 0 spiro atoms. The number of aryl methyl sites for hydroxylation is 1. The Bertz CT molecular complexity index is 1100. The molecule has 0 bridgehead atoms. The molecule has 4 rings (SSSR count). The van der Waals surface area contributed by atoms with Gasteiger partial charge in [0, 0.05) is 17.1 Å². The molecule has 2 aromatic heterocycles. The van der Waals surface area contributed by atoms with E-state index in [1.807, 2.05) is 16.7 Å². The molecule has 0 N–H and O–H groups in total. The van der Waals surface area contributed by atoms with Crippen LogP contribution in [0.5, 0.6) is 0 Å². The number of unbranched alkanes of at least 4 members (excludes halogenated alkanes) is 3. The number of aromatic nitrogens is 2. The summed E-state index contributed by atoms with van der Waals surface area (Å²) in [6.45, 7) is 9.24. The Morgan fingerprint density at radius 2 is 2.00 bits per heavy atom. The molecule has 0 unspecified atom stereocenters. The highest BCUT2D eigenvalue weighted by Crippen LogP contribution is 2.36. The van der Waals surface area contributed by atoms with Crippen LogP contribution < -0.4 is 5.56 Å². The molecule has 0 fully saturated rings. The van der Waals surface area contributed by atoms with E-state index in [0.717, 1.165) is 50.1 Å². The monoisotopic (exact) mass is 456 g/mol. The third-order valence-corrected chi connectivity index (χ3v) is 8.10. The average Bonchev–Trinajstić information content (AvgIpc) is 3.12. The van der Waals surface area contributed by atoms with Crippen LogP contribution in [-0.4, -0.2) is 21.4 Å². The minimum absolute atomic E-state index is 0.0619. The number of hydrogen-bond acceptors (Lipinski definition) is 5. The van der Waals surface area contributed by atoms with Crippen molar-refractivity contribution in [2.45, 2.75) is 77.7 Å². The number of thioether (sulfide) groups is 1. The molecule has 0 aliphatic carbocycles. The van der Waals surface area contributed by atoms with Crippen LogP contribution in [0.3, 0.4) is 0 Å². The minimum atomic E-state index is 0.0619. The summed E-state index contributed by atoms with van der Waals surface area (Å²) in [5.41, 5.74) is 3.30. The summed E-state index contributed by atoms with van der Waals surface area (Å²) in [4.78, 5) is 20.9. The number of thiophene rings is 1. The Balaban J connectivity index is 1.79. The molecular weight excluding hydrogens is 424 g/mol. The van der Waals surface area contributed by atoms with E-state index in [2.05, 4.69) is 39.8 Å². The van der Waals surface area contributed by atoms with Gasteiger partial charge in [-0.3, -0.25) is 9.36 Å². The number of ether oxygens (including phenoxy) is 1. The number of fused-ring (bicyclic) bond motifs is 3. The number of nitrogens with zero attached hydrogens (tertiary/aromatic N) is 2. The maximum Gasteiger partial charge on any atom is 0.267 e. The lowest BCUT2D eigenvalue weighted by molar-refractivity contribution is 0.00200. The largest absolute Gasteiger partial charge is 0.372 e. The molecule has 1 aliphatic rings. The van der Waals surface area contributed by atoms with Crippen LogP contribution in [-0.2, 0) is 17.8 Å². The molecule has 1 aliphatic heterocycles. The Morgan fingerprint density at radius 3 is 2.71 bits per heavy atom. The first kappa shape index (κ1) is 22.6. The van der Waals surface area contributed by atoms with E-state index in [1.165, 1.54) is 24.8 Å². The van der Waals surface area contributed by atoms with Crippen molar-refractivity contribution >= 4 is 33.3 Å². The lowest BCUT2D eigenvalue weighted by atomic mass is 9.96. The van der Waals surface area contributed by atoms with Gasteiger partial charge in [-0.25, -0.2) is 4.98 Å². The van der Waals surface area contributed by atoms with Crippen molar-refractivity contribution in [3.63, 3.8) is 0 Å². The predicted octanol–water partition coefficient (Wildman–Crippen LogP) is 6.53. The van der Waals surface area contributed by atoms with Gasteiger partial charge in [0.2, 0.25) is 0 Å². The van der Waals surface area contributed by atoms with Crippen LogP contribution >= 0.6 is 23.1 Å². The van der Waals surface area contributed by atoms with Gasteiger partial charge < -0.3 is 4.74 Å². The highest BCUT2D eigenvalue weighted by atomic mass is 32.2. The Morgan fingerprint density at radius 1 is 1.23 bits per heavy atom. The van der Waals surface area contributed by atoms with Crippen molar-refractivity contribution in [2.75, 3.05) is 5.75 Å². The molecular formula is C25H32N2O2S2. The molecule has 4 nitrogen and oxygen atoms in total. The molecule has 31 heavy (non-hydrogen) atoms. The van der Waals surface area contributed by atoms with Crippen LogP contribution in [0.4, 0.5) is 0 Å². The van der Waals surface area contributed by atoms with Gasteiger partial charge in [0.15, 0.2) is 5.16 Å². The summed E-state index contributed by atoms with van der Waals surface area (Å²) in [6, 6.07) is 8.19. The van der Waals surface area contributed by atoms with Crippen molar-refractivity contribution in [3.05, 3.63) is 50.6 Å². The second-order valence-corrected chi connectivity index (χ2v) is 10.9.